The van der Waals surface area contributed by atoms with E-state index in [9.17, 15) is 0 Å². The quantitative estimate of drug-likeness (QED) is 0.750. The monoisotopic (exact) mass is 208 g/mol. The van der Waals surface area contributed by atoms with Gasteiger partial charge in [0.15, 0.2) is 0 Å². The van der Waals surface area contributed by atoms with E-state index in [1.807, 2.05) is 54.6 Å². The molecular formula is C14H12N2. The Morgan fingerprint density at radius 2 is 1.56 bits per heavy atom. The van der Waals surface area contributed by atoms with E-state index in [1.165, 1.54) is 0 Å². The van der Waals surface area contributed by atoms with Crippen molar-refractivity contribution in [2.75, 3.05) is 0 Å². The van der Waals surface area contributed by atoms with E-state index >= 15 is 0 Å². The van der Waals surface area contributed by atoms with Gasteiger partial charge in [-0.15, -0.1) is 0 Å². The highest BCUT2D eigenvalue weighted by Crippen LogP contribution is 2.21. The molecule has 2 heteroatoms. The highest BCUT2D eigenvalue weighted by Gasteiger charge is 2.07. The Morgan fingerprint density at radius 3 is 2.25 bits per heavy atom. The lowest BCUT2D eigenvalue weighted by Crippen LogP contribution is -2.00. The Labute approximate surface area is 94.8 Å². The van der Waals surface area contributed by atoms with E-state index in [2.05, 4.69) is 11.7 Å². The molecule has 0 unspecified atom stereocenters. The molecule has 16 heavy (non-hydrogen) atoms. The number of hydrogen-bond donors (Lipinski definition) is 1. The molecule has 2 nitrogen and oxygen atoms in total. The van der Waals surface area contributed by atoms with Crippen molar-refractivity contribution in [1.29, 1.82) is 5.41 Å². The lowest BCUT2D eigenvalue weighted by atomic mass is 10.0. The molecule has 2 rings (SSSR count). The van der Waals surface area contributed by atoms with Crippen molar-refractivity contribution in [3.8, 4) is 0 Å². The summed E-state index contributed by atoms with van der Waals surface area (Å²) in [6, 6.07) is 17.2. The molecule has 0 aromatic heterocycles. The fraction of sp³-hybridized carbons (Fsp3) is 0. The van der Waals surface area contributed by atoms with Gasteiger partial charge in [-0.1, -0.05) is 48.5 Å². The molecule has 0 aliphatic rings. The molecular weight excluding hydrogens is 196 g/mol. The zero-order valence-electron chi connectivity index (χ0n) is 8.85. The number of para-hydroxylation sites is 1. The van der Waals surface area contributed by atoms with Crippen LogP contribution in [0.3, 0.4) is 0 Å². The van der Waals surface area contributed by atoms with E-state index in [0.29, 0.717) is 5.71 Å². The summed E-state index contributed by atoms with van der Waals surface area (Å²) in [5, 5.41) is 8.13. The van der Waals surface area contributed by atoms with Crippen molar-refractivity contribution >= 4 is 18.1 Å². The van der Waals surface area contributed by atoms with Crippen LogP contribution in [0.5, 0.6) is 0 Å². The van der Waals surface area contributed by atoms with Crippen LogP contribution in [-0.4, -0.2) is 12.4 Å². The van der Waals surface area contributed by atoms with Crippen LogP contribution in [0.2, 0.25) is 0 Å². The Hall–Kier alpha value is -2.22. The first-order chi connectivity index (χ1) is 7.83. The summed E-state index contributed by atoms with van der Waals surface area (Å²) in [5.74, 6) is 0. The molecule has 0 fully saturated rings. The van der Waals surface area contributed by atoms with Gasteiger partial charge in [0.05, 0.1) is 11.4 Å². The van der Waals surface area contributed by atoms with Gasteiger partial charge in [0.25, 0.3) is 0 Å². The van der Waals surface area contributed by atoms with Gasteiger partial charge in [-0.3, -0.25) is 10.4 Å². The summed E-state index contributed by atoms with van der Waals surface area (Å²) in [7, 11) is 0. The number of benzene rings is 2. The Morgan fingerprint density at radius 1 is 0.938 bits per heavy atom. The van der Waals surface area contributed by atoms with Gasteiger partial charge in [-0.2, -0.15) is 0 Å². The first kappa shape index (κ1) is 10.3. The Kier molecular flexibility index (Phi) is 2.92. The second-order valence-electron chi connectivity index (χ2n) is 3.42. The zero-order chi connectivity index (χ0) is 11.4. The van der Waals surface area contributed by atoms with Gasteiger partial charge in [0.2, 0.25) is 0 Å². The summed E-state index contributed by atoms with van der Waals surface area (Å²) >= 11 is 0. The first-order valence-corrected chi connectivity index (χ1v) is 5.03. The van der Waals surface area contributed by atoms with Crippen molar-refractivity contribution in [3.05, 3.63) is 65.7 Å². The summed E-state index contributed by atoms with van der Waals surface area (Å²) in [6.07, 6.45) is 0. The first-order valence-electron chi connectivity index (χ1n) is 5.03. The second kappa shape index (κ2) is 4.53. The van der Waals surface area contributed by atoms with Crippen molar-refractivity contribution in [3.63, 3.8) is 0 Å². The maximum atomic E-state index is 8.13. The number of nitrogens with one attached hydrogen (secondary N) is 1. The van der Waals surface area contributed by atoms with Crippen LogP contribution >= 0.6 is 0 Å². The topological polar surface area (TPSA) is 36.2 Å². The van der Waals surface area contributed by atoms with E-state index in [-0.39, 0.29) is 0 Å². The molecule has 0 saturated carbocycles. The highest BCUT2D eigenvalue weighted by molar-refractivity contribution is 6.13. The van der Waals surface area contributed by atoms with E-state index in [4.69, 9.17) is 5.41 Å². The Bertz CT molecular complexity index is 515. The highest BCUT2D eigenvalue weighted by atomic mass is 14.7. The van der Waals surface area contributed by atoms with Crippen LogP contribution in [0.1, 0.15) is 11.1 Å². The van der Waals surface area contributed by atoms with E-state index in [1.54, 1.807) is 0 Å². The van der Waals surface area contributed by atoms with Gasteiger partial charge in [-0.25, -0.2) is 0 Å². The number of aliphatic imine (C=N–C) groups is 1. The molecule has 2 aromatic carbocycles. The van der Waals surface area contributed by atoms with E-state index < -0.39 is 0 Å². The van der Waals surface area contributed by atoms with Gasteiger partial charge < -0.3 is 0 Å². The molecule has 0 aliphatic carbocycles. The molecule has 78 valence electrons. The number of nitrogens with zero attached hydrogens (tertiary/aromatic N) is 1. The van der Waals surface area contributed by atoms with Crippen LogP contribution in [0.4, 0.5) is 5.69 Å². The van der Waals surface area contributed by atoms with Gasteiger partial charge in [-0.05, 0) is 12.8 Å². The minimum absolute atomic E-state index is 0.476. The molecule has 0 amide bonds. The third-order valence-electron chi connectivity index (χ3n) is 2.41. The normalized spacial score (nSPS) is 9.75. The molecule has 0 radical (unpaired) electrons. The summed E-state index contributed by atoms with van der Waals surface area (Å²) in [5.41, 5.74) is 2.92. The SMILES string of the molecule is C=Nc1ccccc1C(=N)c1ccccc1. The second-order valence-corrected chi connectivity index (χ2v) is 3.42. The summed E-state index contributed by atoms with van der Waals surface area (Å²) < 4.78 is 0. The van der Waals surface area contributed by atoms with Gasteiger partial charge >= 0.3 is 0 Å². The minimum Gasteiger partial charge on any atom is -0.300 e. The van der Waals surface area contributed by atoms with Gasteiger partial charge in [0.1, 0.15) is 0 Å². The van der Waals surface area contributed by atoms with Crippen LogP contribution < -0.4 is 0 Å². The molecule has 0 spiro atoms. The van der Waals surface area contributed by atoms with Gasteiger partial charge in [0, 0.05) is 11.1 Å². The lowest BCUT2D eigenvalue weighted by molar-refractivity contribution is 1.43. The molecule has 0 aliphatic heterocycles. The average Bonchev–Trinajstić information content (AvgIpc) is 2.39. The summed E-state index contributed by atoms with van der Waals surface area (Å²) in [4.78, 5) is 3.93. The Balaban J connectivity index is 2.46. The molecule has 0 atom stereocenters. The molecule has 1 N–H and O–H groups in total. The van der Waals surface area contributed by atoms with Crippen LogP contribution in [-0.2, 0) is 0 Å². The fourth-order valence-corrected chi connectivity index (χ4v) is 1.58. The van der Waals surface area contributed by atoms with Crippen LogP contribution in [0, 0.1) is 5.41 Å². The largest absolute Gasteiger partial charge is 0.300 e. The lowest BCUT2D eigenvalue weighted by Gasteiger charge is -2.06. The zero-order valence-corrected chi connectivity index (χ0v) is 8.85. The maximum Gasteiger partial charge on any atom is 0.0716 e. The third kappa shape index (κ3) is 1.91. The standard InChI is InChI=1S/C14H12N2/c1-16-13-10-6-5-9-12(13)14(15)11-7-3-2-4-8-11/h2-10,15H,1H2. The van der Waals surface area contributed by atoms with Crippen molar-refractivity contribution < 1.29 is 0 Å². The fourth-order valence-electron chi connectivity index (χ4n) is 1.58. The van der Waals surface area contributed by atoms with Crippen LogP contribution in [0.15, 0.2) is 59.6 Å². The molecule has 0 bridgehead atoms. The van der Waals surface area contributed by atoms with Crippen molar-refractivity contribution in [1.82, 2.24) is 0 Å². The molecule has 0 heterocycles. The van der Waals surface area contributed by atoms with Crippen molar-refractivity contribution in [2.24, 2.45) is 4.99 Å². The van der Waals surface area contributed by atoms with Crippen LogP contribution in [0.25, 0.3) is 0 Å². The number of hydrogen-bond acceptors (Lipinski definition) is 2. The summed E-state index contributed by atoms with van der Waals surface area (Å²) in [6.45, 7) is 3.52. The molecule has 0 saturated heterocycles. The predicted molar refractivity (Wildman–Crippen MR) is 68.0 cm³/mol. The predicted octanol–water partition coefficient (Wildman–Crippen LogP) is 3.43. The average molecular weight is 208 g/mol. The smallest absolute Gasteiger partial charge is 0.0716 e. The van der Waals surface area contributed by atoms with Crippen molar-refractivity contribution in [2.45, 2.75) is 0 Å². The maximum absolute atomic E-state index is 8.13. The third-order valence-corrected chi connectivity index (χ3v) is 2.41. The minimum atomic E-state index is 0.476. The van der Waals surface area contributed by atoms with E-state index in [0.717, 1.165) is 16.8 Å². The number of rotatable bonds is 3. The molecule has 2 aromatic rings.